The second kappa shape index (κ2) is 4.75. The second-order valence-electron chi connectivity index (χ2n) is 7.50. The molecule has 0 bridgehead atoms. The molecule has 0 aromatic carbocycles. The Balaban J connectivity index is 1.61. The van der Waals surface area contributed by atoms with Gasteiger partial charge in [0.2, 0.25) is 0 Å². The van der Waals surface area contributed by atoms with Gasteiger partial charge in [0.25, 0.3) is 0 Å². The smallest absolute Gasteiger partial charge is 0.403 e. The standard InChI is InChI=1S/C15H27BO3/c1-14(2)15(3,4)19-16(18-14)9-11-10-17-13-8-6-5-7-12(11)13/h11-13H,5-10H2,1-4H3/t11-,12-,13-/m0/s1. The van der Waals surface area contributed by atoms with E-state index in [4.69, 9.17) is 14.0 Å². The zero-order valence-corrected chi connectivity index (χ0v) is 12.8. The van der Waals surface area contributed by atoms with Gasteiger partial charge in [-0.25, -0.2) is 0 Å². The fraction of sp³-hybridized carbons (Fsp3) is 1.00. The molecule has 0 aromatic heterocycles. The van der Waals surface area contributed by atoms with Gasteiger partial charge in [-0.15, -0.1) is 0 Å². The summed E-state index contributed by atoms with van der Waals surface area (Å²) in [5.41, 5.74) is -0.411. The molecule has 0 spiro atoms. The fourth-order valence-corrected chi connectivity index (χ4v) is 3.79. The Kier molecular flexibility index (Phi) is 3.47. The van der Waals surface area contributed by atoms with Crippen LogP contribution in [0.2, 0.25) is 6.32 Å². The summed E-state index contributed by atoms with van der Waals surface area (Å²) in [6, 6.07) is 0. The van der Waals surface area contributed by atoms with E-state index in [1.54, 1.807) is 0 Å². The van der Waals surface area contributed by atoms with E-state index >= 15 is 0 Å². The Bertz CT molecular complexity index is 326. The van der Waals surface area contributed by atoms with Crippen LogP contribution in [0.25, 0.3) is 0 Å². The summed E-state index contributed by atoms with van der Waals surface area (Å²) in [6.45, 7) is 9.41. The van der Waals surface area contributed by atoms with Gasteiger partial charge in [-0.1, -0.05) is 12.8 Å². The first-order valence-corrected chi connectivity index (χ1v) is 7.86. The summed E-state index contributed by atoms with van der Waals surface area (Å²) >= 11 is 0. The summed E-state index contributed by atoms with van der Waals surface area (Å²) in [5.74, 6) is 1.37. The highest BCUT2D eigenvalue weighted by atomic mass is 16.7. The number of ether oxygens (including phenoxy) is 1. The quantitative estimate of drug-likeness (QED) is 0.718. The van der Waals surface area contributed by atoms with E-state index in [1.807, 2.05) is 0 Å². The highest BCUT2D eigenvalue weighted by Gasteiger charge is 2.52. The Hall–Kier alpha value is -0.0551. The van der Waals surface area contributed by atoms with Gasteiger partial charge in [-0.3, -0.25) is 0 Å². The number of rotatable bonds is 2. The van der Waals surface area contributed by atoms with Crippen molar-refractivity contribution in [2.75, 3.05) is 6.61 Å². The lowest BCUT2D eigenvalue weighted by Crippen LogP contribution is -2.41. The second-order valence-corrected chi connectivity index (χ2v) is 7.50. The molecule has 0 radical (unpaired) electrons. The van der Waals surface area contributed by atoms with Gasteiger partial charge < -0.3 is 14.0 Å². The lowest BCUT2D eigenvalue weighted by atomic mass is 9.69. The topological polar surface area (TPSA) is 27.7 Å². The van der Waals surface area contributed by atoms with Crippen LogP contribution in [0.4, 0.5) is 0 Å². The van der Waals surface area contributed by atoms with Gasteiger partial charge in [0.05, 0.1) is 17.3 Å². The van der Waals surface area contributed by atoms with E-state index in [0.29, 0.717) is 12.0 Å². The zero-order chi connectivity index (χ0) is 13.7. The van der Waals surface area contributed by atoms with Gasteiger partial charge in [0.1, 0.15) is 0 Å². The van der Waals surface area contributed by atoms with Crippen LogP contribution in [0, 0.1) is 11.8 Å². The summed E-state index contributed by atoms with van der Waals surface area (Å²) in [5, 5.41) is 0. The van der Waals surface area contributed by atoms with Gasteiger partial charge >= 0.3 is 7.12 Å². The van der Waals surface area contributed by atoms with E-state index in [0.717, 1.165) is 18.8 Å². The minimum atomic E-state index is -0.205. The van der Waals surface area contributed by atoms with Crippen LogP contribution >= 0.6 is 0 Å². The Morgan fingerprint density at radius 1 is 1.00 bits per heavy atom. The van der Waals surface area contributed by atoms with Crippen LogP contribution in [0.3, 0.4) is 0 Å². The molecule has 2 saturated heterocycles. The van der Waals surface area contributed by atoms with Crippen LogP contribution in [0.15, 0.2) is 0 Å². The molecule has 1 aliphatic carbocycles. The molecule has 3 atom stereocenters. The van der Waals surface area contributed by atoms with Gasteiger partial charge in [0, 0.05) is 6.61 Å². The maximum absolute atomic E-state index is 6.13. The maximum atomic E-state index is 6.13. The predicted molar refractivity (Wildman–Crippen MR) is 76.1 cm³/mol. The summed E-state index contributed by atoms with van der Waals surface area (Å²) < 4.78 is 18.2. The van der Waals surface area contributed by atoms with Crippen molar-refractivity contribution in [3.8, 4) is 0 Å². The number of hydrogen-bond donors (Lipinski definition) is 0. The van der Waals surface area contributed by atoms with Crippen LogP contribution in [0.1, 0.15) is 53.4 Å². The van der Waals surface area contributed by atoms with Crippen LogP contribution < -0.4 is 0 Å². The predicted octanol–water partition coefficient (Wildman–Crippen LogP) is 3.28. The van der Waals surface area contributed by atoms with E-state index < -0.39 is 0 Å². The van der Waals surface area contributed by atoms with E-state index in [1.165, 1.54) is 25.7 Å². The average Bonchev–Trinajstić information content (AvgIpc) is 2.79. The SMILES string of the molecule is CC1(C)OB(C[C@H]2CO[C@H]3CCCC[C@@H]23)OC1(C)C. The highest BCUT2D eigenvalue weighted by molar-refractivity contribution is 6.45. The molecule has 0 unspecified atom stereocenters. The number of hydrogen-bond acceptors (Lipinski definition) is 3. The summed E-state index contributed by atoms with van der Waals surface area (Å²) in [6.07, 6.45) is 6.79. The molecular formula is C15H27BO3. The molecule has 3 fully saturated rings. The molecule has 3 nitrogen and oxygen atoms in total. The highest BCUT2D eigenvalue weighted by Crippen LogP contribution is 2.44. The van der Waals surface area contributed by atoms with Crippen molar-refractivity contribution in [2.45, 2.75) is 77.0 Å². The Morgan fingerprint density at radius 2 is 1.63 bits per heavy atom. The molecular weight excluding hydrogens is 239 g/mol. The Labute approximate surface area is 117 Å². The first-order valence-electron chi connectivity index (χ1n) is 7.86. The minimum Gasteiger partial charge on any atom is -0.403 e. The molecule has 108 valence electrons. The summed E-state index contributed by atoms with van der Waals surface area (Å²) in [4.78, 5) is 0. The van der Waals surface area contributed by atoms with Crippen molar-refractivity contribution in [2.24, 2.45) is 11.8 Å². The molecule has 2 aliphatic heterocycles. The molecule has 3 aliphatic rings. The Morgan fingerprint density at radius 3 is 2.32 bits per heavy atom. The van der Waals surface area contributed by atoms with Crippen LogP contribution in [-0.4, -0.2) is 31.0 Å². The molecule has 0 amide bonds. The third-order valence-corrected chi connectivity index (χ3v) is 5.68. The van der Waals surface area contributed by atoms with Crippen molar-refractivity contribution >= 4 is 7.12 Å². The minimum absolute atomic E-state index is 0.0562. The number of fused-ring (bicyclic) bond motifs is 1. The first kappa shape index (κ1) is 13.9. The third kappa shape index (κ3) is 2.47. The molecule has 4 heteroatoms. The van der Waals surface area contributed by atoms with E-state index in [2.05, 4.69) is 27.7 Å². The van der Waals surface area contributed by atoms with E-state index in [9.17, 15) is 0 Å². The molecule has 3 rings (SSSR count). The van der Waals surface area contributed by atoms with Gasteiger partial charge in [-0.05, 0) is 58.7 Å². The lowest BCUT2D eigenvalue weighted by Gasteiger charge is -2.32. The normalized spacial score (nSPS) is 40.4. The monoisotopic (exact) mass is 266 g/mol. The maximum Gasteiger partial charge on any atom is 0.458 e. The lowest BCUT2D eigenvalue weighted by molar-refractivity contribution is 0.00578. The zero-order valence-electron chi connectivity index (χ0n) is 12.8. The van der Waals surface area contributed by atoms with Crippen molar-refractivity contribution in [3.05, 3.63) is 0 Å². The van der Waals surface area contributed by atoms with Crippen molar-refractivity contribution < 1.29 is 14.0 Å². The molecule has 0 aromatic rings. The van der Waals surface area contributed by atoms with Crippen molar-refractivity contribution in [3.63, 3.8) is 0 Å². The molecule has 2 heterocycles. The van der Waals surface area contributed by atoms with Gasteiger partial charge in [-0.2, -0.15) is 0 Å². The fourth-order valence-electron chi connectivity index (χ4n) is 3.79. The van der Waals surface area contributed by atoms with Crippen LogP contribution in [0.5, 0.6) is 0 Å². The van der Waals surface area contributed by atoms with E-state index in [-0.39, 0.29) is 18.3 Å². The summed E-state index contributed by atoms with van der Waals surface area (Å²) in [7, 11) is -0.0562. The van der Waals surface area contributed by atoms with Crippen molar-refractivity contribution in [1.82, 2.24) is 0 Å². The molecule has 1 saturated carbocycles. The molecule has 19 heavy (non-hydrogen) atoms. The average molecular weight is 266 g/mol. The largest absolute Gasteiger partial charge is 0.458 e. The molecule has 0 N–H and O–H groups in total. The third-order valence-electron chi connectivity index (χ3n) is 5.68. The first-order chi connectivity index (χ1) is 8.89. The van der Waals surface area contributed by atoms with Crippen molar-refractivity contribution in [1.29, 1.82) is 0 Å². The van der Waals surface area contributed by atoms with Gasteiger partial charge in [0.15, 0.2) is 0 Å². The van der Waals surface area contributed by atoms with Crippen LogP contribution in [-0.2, 0) is 14.0 Å².